The number of aromatic nitrogens is 6. The van der Waals surface area contributed by atoms with Crippen molar-refractivity contribution in [2.24, 2.45) is 0 Å². The van der Waals surface area contributed by atoms with Gasteiger partial charge in [-0.1, -0.05) is 43.7 Å². The number of rotatable bonds is 7. The van der Waals surface area contributed by atoms with Gasteiger partial charge in [-0.25, -0.2) is 4.98 Å². The van der Waals surface area contributed by atoms with Gasteiger partial charge in [-0.15, -0.1) is 10.2 Å². The Morgan fingerprint density at radius 2 is 1.94 bits per heavy atom. The number of fused-ring (bicyclic) bond motifs is 4. The largest absolute Gasteiger partial charge is 0.306 e. The molecule has 0 fully saturated rings. The van der Waals surface area contributed by atoms with Crippen molar-refractivity contribution < 1.29 is 0 Å². The highest BCUT2D eigenvalue weighted by atomic mass is 79.9. The molecule has 4 heterocycles. The lowest BCUT2D eigenvalue weighted by Gasteiger charge is -2.11. The van der Waals surface area contributed by atoms with E-state index in [1.54, 1.807) is 16.3 Å². The van der Waals surface area contributed by atoms with Crippen LogP contribution in [0.4, 0.5) is 0 Å². The Bertz CT molecular complexity index is 1450. The van der Waals surface area contributed by atoms with Gasteiger partial charge in [0.25, 0.3) is 5.56 Å². The van der Waals surface area contributed by atoms with Crippen molar-refractivity contribution in [2.45, 2.75) is 43.6 Å². The standard InChI is InChI=1S/C22H21BrN6OS/c1-2-3-6-11-28-20(30)17-7-4-5-8-18(17)29-21(28)25-26-22(29)31-14-16-13-27-12-15(23)9-10-19(27)24-16/h4-5,7-10,12-13H,2-3,6,11,14H2,1H3. The first-order chi connectivity index (χ1) is 15.2. The average molecular weight is 497 g/mol. The molecule has 0 amide bonds. The number of aryl methyl sites for hydroxylation is 1. The van der Waals surface area contributed by atoms with Gasteiger partial charge in [0, 0.05) is 29.2 Å². The van der Waals surface area contributed by atoms with E-state index in [1.807, 2.05) is 57.6 Å². The van der Waals surface area contributed by atoms with Crippen molar-refractivity contribution in [3.05, 3.63) is 69.3 Å². The summed E-state index contributed by atoms with van der Waals surface area (Å²) in [6.45, 7) is 2.80. The number of para-hydroxylation sites is 1. The summed E-state index contributed by atoms with van der Waals surface area (Å²) in [5.74, 6) is 1.25. The molecule has 5 rings (SSSR count). The first-order valence-electron chi connectivity index (χ1n) is 10.3. The van der Waals surface area contributed by atoms with E-state index in [4.69, 9.17) is 0 Å². The predicted octanol–water partition coefficient (Wildman–Crippen LogP) is 4.94. The second-order valence-electron chi connectivity index (χ2n) is 7.43. The van der Waals surface area contributed by atoms with E-state index < -0.39 is 0 Å². The van der Waals surface area contributed by atoms with Crippen LogP contribution in [0.15, 0.2) is 63.2 Å². The summed E-state index contributed by atoms with van der Waals surface area (Å²) in [5, 5.41) is 10.3. The summed E-state index contributed by atoms with van der Waals surface area (Å²) < 4.78 is 6.77. The molecule has 0 N–H and O–H groups in total. The number of nitrogens with zero attached hydrogens (tertiary/aromatic N) is 6. The van der Waals surface area contributed by atoms with Gasteiger partial charge < -0.3 is 4.40 Å². The maximum absolute atomic E-state index is 13.1. The number of thioether (sulfide) groups is 1. The van der Waals surface area contributed by atoms with Gasteiger partial charge in [0.05, 0.1) is 16.6 Å². The van der Waals surface area contributed by atoms with Crippen LogP contribution in [0.5, 0.6) is 0 Å². The Labute approximate surface area is 191 Å². The molecule has 5 aromatic rings. The second-order valence-corrected chi connectivity index (χ2v) is 9.29. The lowest BCUT2D eigenvalue weighted by atomic mass is 10.2. The quantitative estimate of drug-likeness (QED) is 0.236. The molecule has 0 atom stereocenters. The number of benzene rings is 1. The number of imidazole rings is 1. The Hall–Kier alpha value is -2.65. The molecule has 0 saturated heterocycles. The highest BCUT2D eigenvalue weighted by molar-refractivity contribution is 9.10. The van der Waals surface area contributed by atoms with Crippen LogP contribution in [0.25, 0.3) is 22.3 Å². The van der Waals surface area contributed by atoms with Crippen molar-refractivity contribution in [1.82, 2.24) is 28.5 Å². The second kappa shape index (κ2) is 8.47. The van der Waals surface area contributed by atoms with Gasteiger partial charge in [-0.3, -0.25) is 13.8 Å². The van der Waals surface area contributed by atoms with Gasteiger partial charge in [-0.2, -0.15) is 0 Å². The smallest absolute Gasteiger partial charge is 0.262 e. The molecule has 0 aliphatic heterocycles. The van der Waals surface area contributed by atoms with Crippen LogP contribution in [0.3, 0.4) is 0 Å². The molecule has 158 valence electrons. The summed E-state index contributed by atoms with van der Waals surface area (Å²) in [7, 11) is 0. The van der Waals surface area contributed by atoms with Gasteiger partial charge >= 0.3 is 0 Å². The molecular formula is C22H21BrN6OS. The minimum absolute atomic E-state index is 0.00548. The van der Waals surface area contributed by atoms with Crippen LogP contribution in [-0.4, -0.2) is 28.5 Å². The predicted molar refractivity (Wildman–Crippen MR) is 127 cm³/mol. The Kier molecular flexibility index (Phi) is 5.54. The van der Waals surface area contributed by atoms with E-state index in [2.05, 4.69) is 38.0 Å². The maximum atomic E-state index is 13.1. The molecule has 31 heavy (non-hydrogen) atoms. The molecule has 9 heteroatoms. The number of unbranched alkanes of at least 4 members (excludes halogenated alkanes) is 2. The van der Waals surface area contributed by atoms with Gasteiger partial charge in [0.15, 0.2) is 5.16 Å². The molecule has 7 nitrogen and oxygen atoms in total. The Morgan fingerprint density at radius 3 is 2.81 bits per heavy atom. The number of hydrogen-bond donors (Lipinski definition) is 0. The fourth-order valence-electron chi connectivity index (χ4n) is 3.77. The third-order valence-electron chi connectivity index (χ3n) is 5.28. The van der Waals surface area contributed by atoms with E-state index in [1.165, 1.54) is 0 Å². The van der Waals surface area contributed by atoms with Crippen molar-refractivity contribution in [1.29, 1.82) is 0 Å². The van der Waals surface area contributed by atoms with Crippen molar-refractivity contribution in [2.75, 3.05) is 0 Å². The summed E-state index contributed by atoms with van der Waals surface area (Å²) in [4.78, 5) is 17.8. The van der Waals surface area contributed by atoms with E-state index >= 15 is 0 Å². The van der Waals surface area contributed by atoms with Gasteiger partial charge in [0.2, 0.25) is 5.78 Å². The van der Waals surface area contributed by atoms with E-state index in [-0.39, 0.29) is 5.56 Å². The molecule has 0 unspecified atom stereocenters. The van der Waals surface area contributed by atoms with Crippen LogP contribution in [-0.2, 0) is 12.3 Å². The zero-order valence-corrected chi connectivity index (χ0v) is 19.4. The highest BCUT2D eigenvalue weighted by Gasteiger charge is 2.17. The zero-order chi connectivity index (χ0) is 21.4. The average Bonchev–Trinajstić information content (AvgIpc) is 3.38. The molecule has 0 saturated carbocycles. The SMILES string of the molecule is CCCCCn1c(=O)c2ccccc2n2c(SCc3cn4cc(Br)ccc4n3)nnc12. The molecule has 4 aromatic heterocycles. The van der Waals surface area contributed by atoms with Gasteiger partial charge in [-0.05, 0) is 46.6 Å². The fraction of sp³-hybridized carbons (Fsp3) is 0.273. The minimum atomic E-state index is -0.00548. The number of hydrogen-bond acceptors (Lipinski definition) is 5. The van der Waals surface area contributed by atoms with Gasteiger partial charge in [0.1, 0.15) is 5.65 Å². The number of pyridine rings is 1. The molecular weight excluding hydrogens is 476 g/mol. The monoisotopic (exact) mass is 496 g/mol. The lowest BCUT2D eigenvalue weighted by molar-refractivity contribution is 0.594. The molecule has 0 aliphatic carbocycles. The zero-order valence-electron chi connectivity index (χ0n) is 17.0. The van der Waals surface area contributed by atoms with E-state index in [0.717, 1.165) is 45.7 Å². The third-order valence-corrected chi connectivity index (χ3v) is 6.71. The summed E-state index contributed by atoms with van der Waals surface area (Å²) in [6.07, 6.45) is 7.13. The normalized spacial score (nSPS) is 11.8. The molecule has 0 bridgehead atoms. The lowest BCUT2D eigenvalue weighted by Crippen LogP contribution is -2.23. The summed E-state index contributed by atoms with van der Waals surface area (Å²) >= 11 is 5.07. The van der Waals surface area contributed by atoms with Crippen molar-refractivity contribution in [3.63, 3.8) is 0 Å². The molecule has 0 radical (unpaired) electrons. The Morgan fingerprint density at radius 1 is 1.06 bits per heavy atom. The molecule has 0 spiro atoms. The van der Waals surface area contributed by atoms with E-state index in [9.17, 15) is 4.79 Å². The van der Waals surface area contributed by atoms with Crippen LogP contribution < -0.4 is 5.56 Å². The first kappa shape index (κ1) is 20.3. The van der Waals surface area contributed by atoms with Crippen LogP contribution >= 0.6 is 27.7 Å². The molecule has 1 aromatic carbocycles. The van der Waals surface area contributed by atoms with Crippen LogP contribution in [0.2, 0.25) is 0 Å². The van der Waals surface area contributed by atoms with Crippen molar-refractivity contribution in [3.8, 4) is 0 Å². The van der Waals surface area contributed by atoms with Crippen molar-refractivity contribution >= 4 is 50.0 Å². The minimum Gasteiger partial charge on any atom is -0.306 e. The van der Waals surface area contributed by atoms with Crippen LogP contribution in [0.1, 0.15) is 31.9 Å². The fourth-order valence-corrected chi connectivity index (χ4v) is 4.95. The number of halogens is 1. The first-order valence-corrected chi connectivity index (χ1v) is 12.1. The molecule has 0 aliphatic rings. The maximum Gasteiger partial charge on any atom is 0.262 e. The summed E-state index contributed by atoms with van der Waals surface area (Å²) in [6, 6.07) is 11.6. The van der Waals surface area contributed by atoms with E-state index in [0.29, 0.717) is 23.5 Å². The topological polar surface area (TPSA) is 69.5 Å². The highest BCUT2D eigenvalue weighted by Crippen LogP contribution is 2.25. The Balaban J connectivity index is 1.54. The summed E-state index contributed by atoms with van der Waals surface area (Å²) in [5.41, 5.74) is 2.69. The third kappa shape index (κ3) is 3.76. The van der Waals surface area contributed by atoms with Crippen LogP contribution in [0, 0.1) is 0 Å².